The molecule has 0 radical (unpaired) electrons. The van der Waals surface area contributed by atoms with E-state index in [2.05, 4.69) is 108 Å². The van der Waals surface area contributed by atoms with Crippen molar-refractivity contribution < 1.29 is 29.6 Å². The predicted octanol–water partition coefficient (Wildman–Crippen LogP) is 6.62. The van der Waals surface area contributed by atoms with Crippen LogP contribution in [0.5, 0.6) is 0 Å². The second kappa shape index (κ2) is 24.1. The highest BCUT2D eigenvalue weighted by molar-refractivity contribution is 5.72. The van der Waals surface area contributed by atoms with Crippen LogP contribution in [0.15, 0.2) is 85.5 Å². The summed E-state index contributed by atoms with van der Waals surface area (Å²) in [5, 5.41) is 37.2. The molecule has 0 aliphatic rings. The summed E-state index contributed by atoms with van der Waals surface area (Å²) >= 11 is 0. The Hall–Kier alpha value is -4.34. The Labute approximate surface area is 324 Å². The predicted molar refractivity (Wildman–Crippen MR) is 223 cm³/mol. The zero-order chi connectivity index (χ0) is 38.4. The minimum atomic E-state index is 0.0633. The number of aromatic nitrogens is 2. The highest BCUT2D eigenvalue weighted by Gasteiger charge is 2.08. The molecule has 2 aromatic carbocycles. The summed E-state index contributed by atoms with van der Waals surface area (Å²) in [5.74, 6) is 0. The number of pyridine rings is 2. The van der Waals surface area contributed by atoms with E-state index in [-0.39, 0.29) is 26.4 Å². The Balaban J connectivity index is 1.07. The van der Waals surface area contributed by atoms with Gasteiger partial charge in [-0.05, 0) is 73.2 Å². The molecule has 0 bridgehead atoms. The van der Waals surface area contributed by atoms with Crippen molar-refractivity contribution in [3.8, 4) is 0 Å². The van der Waals surface area contributed by atoms with E-state index < -0.39 is 0 Å². The molecule has 0 saturated heterocycles. The number of hydrogen-bond acceptors (Lipinski definition) is 6. The number of aliphatic hydroxyl groups excluding tert-OH is 4. The highest BCUT2D eigenvalue weighted by atomic mass is 16.3. The number of aliphatic hydroxyl groups is 4. The third-order valence-electron chi connectivity index (χ3n) is 10.0. The molecule has 0 atom stereocenters. The van der Waals surface area contributed by atoms with Crippen molar-refractivity contribution in [3.05, 3.63) is 119 Å². The molecule has 0 fully saturated rings. The van der Waals surface area contributed by atoms with E-state index in [1.54, 1.807) is 0 Å². The van der Waals surface area contributed by atoms with Crippen molar-refractivity contribution in [3.63, 3.8) is 0 Å². The third kappa shape index (κ3) is 14.5. The van der Waals surface area contributed by atoms with Crippen LogP contribution < -0.4 is 18.9 Å². The fourth-order valence-corrected chi connectivity index (χ4v) is 6.84. The van der Waals surface area contributed by atoms with E-state index in [0.717, 1.165) is 35.6 Å². The number of rotatable bonds is 25. The Morgan fingerprint density at radius 2 is 0.778 bits per heavy atom. The lowest BCUT2D eigenvalue weighted by Crippen LogP contribution is -2.33. The van der Waals surface area contributed by atoms with E-state index in [1.165, 1.54) is 73.6 Å². The Morgan fingerprint density at radius 3 is 1.09 bits per heavy atom. The van der Waals surface area contributed by atoms with Crippen LogP contribution in [-0.4, -0.2) is 73.0 Å². The highest BCUT2D eigenvalue weighted by Crippen LogP contribution is 2.19. The third-order valence-corrected chi connectivity index (χ3v) is 10.0. The van der Waals surface area contributed by atoms with Gasteiger partial charge in [-0.2, -0.15) is 0 Å². The van der Waals surface area contributed by atoms with Crippen LogP contribution in [-0.2, 0) is 13.1 Å². The van der Waals surface area contributed by atoms with E-state index in [1.807, 2.05) is 34.1 Å². The maximum Gasteiger partial charge on any atom is 0.172 e. The zero-order valence-electron chi connectivity index (χ0n) is 32.7. The number of nitrogens with zero attached hydrogens (tertiary/aromatic N) is 4. The largest absolute Gasteiger partial charge is 0.395 e. The van der Waals surface area contributed by atoms with Crippen LogP contribution in [0.1, 0.15) is 84.7 Å². The summed E-state index contributed by atoms with van der Waals surface area (Å²) < 4.78 is 4.63. The monoisotopic (exact) mass is 736 g/mol. The second-order valence-corrected chi connectivity index (χ2v) is 14.2. The van der Waals surface area contributed by atoms with Crippen molar-refractivity contribution >= 4 is 35.7 Å². The van der Waals surface area contributed by atoms with Crippen LogP contribution >= 0.6 is 0 Å². The molecule has 0 amide bonds. The Morgan fingerprint density at radius 1 is 0.444 bits per heavy atom. The quantitative estimate of drug-likeness (QED) is 0.0452. The molecule has 2 heterocycles. The second-order valence-electron chi connectivity index (χ2n) is 14.2. The number of anilines is 2. The van der Waals surface area contributed by atoms with Crippen LogP contribution in [0.2, 0.25) is 0 Å². The summed E-state index contributed by atoms with van der Waals surface area (Å²) in [5.41, 5.74) is 9.23. The van der Waals surface area contributed by atoms with Gasteiger partial charge < -0.3 is 30.2 Å². The van der Waals surface area contributed by atoms with Gasteiger partial charge in [0.1, 0.15) is 13.1 Å². The molecule has 0 aliphatic heterocycles. The van der Waals surface area contributed by atoms with Gasteiger partial charge in [0, 0.05) is 73.7 Å². The summed E-state index contributed by atoms with van der Waals surface area (Å²) in [7, 11) is 0. The van der Waals surface area contributed by atoms with Crippen molar-refractivity contribution in [1.29, 1.82) is 0 Å². The fourth-order valence-electron chi connectivity index (χ4n) is 6.84. The smallest absolute Gasteiger partial charge is 0.172 e. The van der Waals surface area contributed by atoms with Gasteiger partial charge in [-0.1, -0.05) is 74.3 Å². The molecular formula is C46H64N4O4+2. The summed E-state index contributed by atoms with van der Waals surface area (Å²) in [6.07, 6.45) is 27.7. The van der Waals surface area contributed by atoms with E-state index in [9.17, 15) is 20.4 Å². The maximum atomic E-state index is 9.30. The molecule has 8 nitrogen and oxygen atoms in total. The molecule has 0 aliphatic carbocycles. The Bertz CT molecular complexity index is 1570. The molecule has 0 saturated carbocycles. The topological polar surface area (TPSA) is 95.2 Å². The number of benzene rings is 2. The van der Waals surface area contributed by atoms with Crippen molar-refractivity contribution in [1.82, 2.24) is 0 Å². The number of unbranched alkanes of at least 4 members (excludes halogenated alkanes) is 7. The SMILES string of the molecule is Cc1c[n+](CCCCCCCCCC[n+]2ccc(/C=C/c3ccc(N(CCO)CCO)cc3)c(C)c2)ccc1/C=C/c1ccc(N(CCO)CCO)cc1. The maximum absolute atomic E-state index is 9.30. The minimum Gasteiger partial charge on any atom is -0.395 e. The van der Waals surface area contributed by atoms with Gasteiger partial charge in [-0.25, -0.2) is 9.13 Å². The molecule has 0 spiro atoms. The zero-order valence-corrected chi connectivity index (χ0v) is 32.7. The summed E-state index contributed by atoms with van der Waals surface area (Å²) in [6.45, 7) is 8.76. The van der Waals surface area contributed by atoms with E-state index >= 15 is 0 Å². The normalized spacial score (nSPS) is 11.6. The molecule has 4 aromatic rings. The number of hydrogen-bond donors (Lipinski definition) is 4. The molecule has 4 N–H and O–H groups in total. The van der Waals surface area contributed by atoms with E-state index in [4.69, 9.17) is 0 Å². The average molecular weight is 737 g/mol. The summed E-state index contributed by atoms with van der Waals surface area (Å²) in [4.78, 5) is 3.97. The molecular weight excluding hydrogens is 673 g/mol. The lowest BCUT2D eigenvalue weighted by molar-refractivity contribution is -0.697. The molecule has 2 aromatic heterocycles. The Kier molecular flexibility index (Phi) is 19.0. The van der Waals surface area contributed by atoms with E-state index in [0.29, 0.717) is 26.2 Å². The standard InChI is InChI=1S/C46H64N4O4/c1-39-37-47(27-23-43(39)17-11-41-13-19-45(20-14-41)49(29-33-51)30-34-52)25-9-7-5-3-4-6-8-10-26-48-28-24-44(40(2)38-48)18-12-42-15-21-46(22-16-42)50(31-35-53)32-36-54/h11-24,27-28,37-38,51-54H,3-10,25-26,29-36H2,1-2H3/q+2. The minimum absolute atomic E-state index is 0.0633. The van der Waals surface area contributed by atoms with Crippen LogP contribution in [0.3, 0.4) is 0 Å². The van der Waals surface area contributed by atoms with Crippen LogP contribution in [0, 0.1) is 13.8 Å². The molecule has 8 heteroatoms. The van der Waals surface area contributed by atoms with Gasteiger partial charge in [-0.15, -0.1) is 0 Å². The first kappa shape index (κ1) is 42.4. The van der Waals surface area contributed by atoms with Gasteiger partial charge in [0.25, 0.3) is 0 Å². The van der Waals surface area contributed by atoms with Gasteiger partial charge in [0.2, 0.25) is 0 Å². The van der Waals surface area contributed by atoms with Crippen molar-refractivity contribution in [2.75, 3.05) is 62.4 Å². The average Bonchev–Trinajstić information content (AvgIpc) is 3.18. The lowest BCUT2D eigenvalue weighted by Gasteiger charge is -2.22. The first-order valence-electron chi connectivity index (χ1n) is 19.9. The molecule has 54 heavy (non-hydrogen) atoms. The number of aryl methyl sites for hydroxylation is 4. The van der Waals surface area contributed by atoms with Gasteiger partial charge >= 0.3 is 0 Å². The van der Waals surface area contributed by atoms with Crippen LogP contribution in [0.25, 0.3) is 24.3 Å². The van der Waals surface area contributed by atoms with Crippen molar-refractivity contribution in [2.24, 2.45) is 0 Å². The lowest BCUT2D eigenvalue weighted by atomic mass is 10.1. The fraction of sp³-hybridized carbons (Fsp3) is 0.435. The van der Waals surface area contributed by atoms with Crippen molar-refractivity contribution in [2.45, 2.75) is 78.3 Å². The van der Waals surface area contributed by atoms with Gasteiger partial charge in [0.15, 0.2) is 24.8 Å². The molecule has 290 valence electrons. The summed E-state index contributed by atoms with van der Waals surface area (Å²) in [6, 6.07) is 20.9. The first-order valence-corrected chi connectivity index (χ1v) is 19.9. The molecule has 4 rings (SSSR count). The van der Waals surface area contributed by atoms with Gasteiger partial charge in [0.05, 0.1) is 26.4 Å². The van der Waals surface area contributed by atoms with Gasteiger partial charge in [-0.3, -0.25) is 0 Å². The van der Waals surface area contributed by atoms with Crippen LogP contribution in [0.4, 0.5) is 11.4 Å². The molecule has 0 unspecified atom stereocenters. The first-order chi connectivity index (χ1) is 26.4.